The predicted molar refractivity (Wildman–Crippen MR) is 77.6 cm³/mol. The number of nitrogens with one attached hydrogen (secondary N) is 1. The first-order valence-corrected chi connectivity index (χ1v) is 8.14. The fraction of sp³-hybridized carbons (Fsp3) is 0.700. The van der Waals surface area contributed by atoms with Crippen LogP contribution in [0.15, 0.2) is 0 Å². The standard InChI is InChI=1S/C10H18BN2O3S2/c1-8(14)11-4-2-10(16)13-5-7-18-17-6-3-9(12)15/h2-7H2,1H3,(H2,12,15)(H,13,16). The number of carbonyl (C=O) groups is 3. The van der Waals surface area contributed by atoms with Crippen molar-refractivity contribution in [2.24, 2.45) is 5.73 Å². The van der Waals surface area contributed by atoms with Gasteiger partial charge in [-0.3, -0.25) is 9.59 Å². The van der Waals surface area contributed by atoms with Gasteiger partial charge in [0.2, 0.25) is 19.1 Å². The fourth-order valence-corrected chi connectivity index (χ4v) is 2.90. The third-order valence-corrected chi connectivity index (χ3v) is 4.23. The van der Waals surface area contributed by atoms with E-state index in [1.807, 2.05) is 0 Å². The zero-order valence-electron chi connectivity index (χ0n) is 10.4. The lowest BCUT2D eigenvalue weighted by Crippen LogP contribution is -2.25. The predicted octanol–water partition coefficient (Wildman–Crippen LogP) is 0.418. The molecule has 0 aliphatic rings. The van der Waals surface area contributed by atoms with Gasteiger partial charge in [-0.05, 0) is 6.92 Å². The lowest BCUT2D eigenvalue weighted by atomic mass is 9.69. The summed E-state index contributed by atoms with van der Waals surface area (Å²) in [6.07, 6.45) is 1.21. The summed E-state index contributed by atoms with van der Waals surface area (Å²) in [6.45, 7) is 2.06. The zero-order valence-corrected chi connectivity index (χ0v) is 12.1. The lowest BCUT2D eigenvalue weighted by Gasteiger charge is -2.03. The van der Waals surface area contributed by atoms with Crippen LogP contribution in [0.3, 0.4) is 0 Å². The van der Waals surface area contributed by atoms with Gasteiger partial charge in [-0.15, -0.1) is 0 Å². The number of hydrogen-bond acceptors (Lipinski definition) is 5. The molecule has 0 aromatic carbocycles. The van der Waals surface area contributed by atoms with Gasteiger partial charge in [0.15, 0.2) is 0 Å². The Kier molecular flexibility index (Phi) is 11.1. The molecule has 1 radical (unpaired) electrons. The topological polar surface area (TPSA) is 89.3 Å². The van der Waals surface area contributed by atoms with Crippen LogP contribution in [0.4, 0.5) is 0 Å². The molecular formula is C10H18BN2O3S2. The van der Waals surface area contributed by atoms with Gasteiger partial charge in [-0.2, -0.15) is 0 Å². The molecule has 18 heavy (non-hydrogen) atoms. The van der Waals surface area contributed by atoms with E-state index in [0.29, 0.717) is 31.5 Å². The molecule has 3 N–H and O–H groups in total. The van der Waals surface area contributed by atoms with E-state index in [4.69, 9.17) is 5.73 Å². The molecule has 8 heteroatoms. The van der Waals surface area contributed by atoms with Crippen LogP contribution in [0.5, 0.6) is 0 Å². The number of hydrogen-bond donors (Lipinski definition) is 2. The second kappa shape index (κ2) is 11.5. The van der Waals surface area contributed by atoms with Gasteiger partial charge < -0.3 is 15.8 Å². The summed E-state index contributed by atoms with van der Waals surface area (Å²) in [4.78, 5) is 32.3. The SMILES string of the molecule is CC(=O)[B]CCC(=O)NCCSSCCC(N)=O. The average molecular weight is 289 g/mol. The first-order valence-electron chi connectivity index (χ1n) is 5.65. The Hall–Kier alpha value is -0.625. The molecular weight excluding hydrogens is 271 g/mol. The maximum atomic E-state index is 11.3. The van der Waals surface area contributed by atoms with Crippen molar-refractivity contribution in [2.75, 3.05) is 18.1 Å². The molecule has 0 heterocycles. The van der Waals surface area contributed by atoms with Crippen LogP contribution < -0.4 is 11.1 Å². The minimum atomic E-state index is -0.293. The Morgan fingerprint density at radius 1 is 1.17 bits per heavy atom. The van der Waals surface area contributed by atoms with Gasteiger partial charge in [-0.1, -0.05) is 27.9 Å². The molecule has 0 rings (SSSR count). The van der Waals surface area contributed by atoms with E-state index in [2.05, 4.69) is 5.32 Å². The highest BCUT2D eigenvalue weighted by molar-refractivity contribution is 8.76. The van der Waals surface area contributed by atoms with E-state index < -0.39 is 0 Å². The Balaban J connectivity index is 3.25. The maximum absolute atomic E-state index is 11.3. The first-order chi connectivity index (χ1) is 8.52. The number of amides is 2. The van der Waals surface area contributed by atoms with Gasteiger partial charge in [0.05, 0.1) is 5.68 Å². The Bertz CT molecular complexity index is 290. The summed E-state index contributed by atoms with van der Waals surface area (Å²) in [5.74, 6) is 1.14. The molecule has 0 aromatic rings. The van der Waals surface area contributed by atoms with Crippen molar-refractivity contribution >= 4 is 46.4 Å². The summed E-state index contributed by atoms with van der Waals surface area (Å²) >= 11 is 0. The van der Waals surface area contributed by atoms with Gasteiger partial charge in [0, 0.05) is 30.9 Å². The molecule has 0 saturated carbocycles. The molecule has 2 amide bonds. The second-order valence-electron chi connectivity index (χ2n) is 3.56. The molecule has 0 unspecified atom stereocenters. The first kappa shape index (κ1) is 17.4. The van der Waals surface area contributed by atoms with E-state index in [-0.39, 0.29) is 17.5 Å². The average Bonchev–Trinajstić information content (AvgIpc) is 2.26. The fourth-order valence-electron chi connectivity index (χ4n) is 0.987. The van der Waals surface area contributed by atoms with Crippen LogP contribution in [0.25, 0.3) is 0 Å². The van der Waals surface area contributed by atoms with Crippen molar-refractivity contribution in [3.8, 4) is 0 Å². The Labute approximate surface area is 116 Å². The van der Waals surface area contributed by atoms with E-state index in [1.54, 1.807) is 21.6 Å². The Morgan fingerprint density at radius 2 is 1.83 bits per heavy atom. The largest absolute Gasteiger partial charge is 0.370 e. The Morgan fingerprint density at radius 3 is 2.44 bits per heavy atom. The summed E-state index contributed by atoms with van der Waals surface area (Å²) < 4.78 is 0. The van der Waals surface area contributed by atoms with Crippen LogP contribution in [0, 0.1) is 0 Å². The third kappa shape index (κ3) is 13.4. The summed E-state index contributed by atoms with van der Waals surface area (Å²) in [5, 5.41) is 2.76. The smallest absolute Gasteiger partial charge is 0.219 e. The normalized spacial score (nSPS) is 9.83. The van der Waals surface area contributed by atoms with E-state index in [0.717, 1.165) is 5.75 Å². The molecule has 0 aliphatic heterocycles. The maximum Gasteiger partial charge on any atom is 0.219 e. The summed E-state index contributed by atoms with van der Waals surface area (Å²) in [6, 6.07) is 0. The van der Waals surface area contributed by atoms with Crippen molar-refractivity contribution < 1.29 is 14.4 Å². The summed E-state index contributed by atoms with van der Waals surface area (Å²) in [5.41, 5.74) is 4.99. The number of carbonyl (C=O) groups excluding carboxylic acids is 3. The molecule has 5 nitrogen and oxygen atoms in total. The van der Waals surface area contributed by atoms with Crippen molar-refractivity contribution in [1.82, 2.24) is 5.32 Å². The highest BCUT2D eigenvalue weighted by Gasteiger charge is 2.03. The van der Waals surface area contributed by atoms with Gasteiger partial charge in [0.1, 0.15) is 0 Å². The van der Waals surface area contributed by atoms with Gasteiger partial charge >= 0.3 is 0 Å². The highest BCUT2D eigenvalue weighted by Crippen LogP contribution is 2.20. The minimum Gasteiger partial charge on any atom is -0.370 e. The molecule has 0 aromatic heterocycles. The second-order valence-corrected chi connectivity index (χ2v) is 6.27. The molecule has 0 bridgehead atoms. The van der Waals surface area contributed by atoms with E-state index in [1.165, 1.54) is 14.2 Å². The molecule has 0 atom stereocenters. The van der Waals surface area contributed by atoms with Crippen LogP contribution in [0.1, 0.15) is 19.8 Å². The van der Waals surface area contributed by atoms with Crippen molar-refractivity contribution in [2.45, 2.75) is 26.1 Å². The number of primary amides is 1. The van der Waals surface area contributed by atoms with E-state index >= 15 is 0 Å². The molecule has 0 spiro atoms. The molecule has 101 valence electrons. The van der Waals surface area contributed by atoms with Crippen LogP contribution >= 0.6 is 21.6 Å². The zero-order chi connectivity index (χ0) is 13.8. The van der Waals surface area contributed by atoms with Gasteiger partial charge in [-0.25, -0.2) is 0 Å². The monoisotopic (exact) mass is 289 g/mol. The molecule has 0 aliphatic carbocycles. The number of nitrogens with two attached hydrogens (primary N) is 1. The van der Waals surface area contributed by atoms with Crippen molar-refractivity contribution in [1.29, 1.82) is 0 Å². The molecule has 0 saturated heterocycles. The third-order valence-electron chi connectivity index (χ3n) is 1.83. The summed E-state index contributed by atoms with van der Waals surface area (Å²) in [7, 11) is 4.67. The lowest BCUT2D eigenvalue weighted by molar-refractivity contribution is -0.120. The van der Waals surface area contributed by atoms with Crippen LogP contribution in [-0.2, 0) is 14.4 Å². The minimum absolute atomic E-state index is 0.00999. The van der Waals surface area contributed by atoms with Crippen molar-refractivity contribution in [3.63, 3.8) is 0 Å². The van der Waals surface area contributed by atoms with E-state index in [9.17, 15) is 14.4 Å². The van der Waals surface area contributed by atoms with Crippen molar-refractivity contribution in [3.05, 3.63) is 0 Å². The quantitative estimate of drug-likeness (QED) is 0.327. The van der Waals surface area contributed by atoms with Gasteiger partial charge in [0.25, 0.3) is 0 Å². The number of rotatable bonds is 11. The van der Waals surface area contributed by atoms with Crippen LogP contribution in [0.2, 0.25) is 6.32 Å². The highest BCUT2D eigenvalue weighted by atomic mass is 33.1. The molecule has 0 fully saturated rings. The van der Waals surface area contributed by atoms with Crippen LogP contribution in [-0.4, -0.2) is 42.8 Å².